The van der Waals surface area contributed by atoms with Crippen molar-refractivity contribution in [2.45, 2.75) is 24.7 Å². The fourth-order valence-electron chi connectivity index (χ4n) is 9.64. The van der Waals surface area contributed by atoms with E-state index >= 15 is 4.79 Å². The molecule has 12 heteroatoms. The van der Waals surface area contributed by atoms with Gasteiger partial charge in [0.15, 0.2) is 0 Å². The monoisotopic (exact) mass is 726 g/mol. The topological polar surface area (TPSA) is 145 Å². The normalized spacial score (nSPS) is 27.3. The van der Waals surface area contributed by atoms with Crippen molar-refractivity contribution in [3.8, 4) is 11.5 Å². The fourth-order valence-corrected chi connectivity index (χ4v) is 9.82. The van der Waals surface area contributed by atoms with Crippen LogP contribution in [-0.4, -0.2) is 45.9 Å². The molecule has 0 radical (unpaired) electrons. The van der Waals surface area contributed by atoms with Gasteiger partial charge in [-0.05, 0) is 83.9 Å². The molecule has 2 aliphatic carbocycles. The van der Waals surface area contributed by atoms with Gasteiger partial charge >= 0.3 is 7.12 Å². The van der Waals surface area contributed by atoms with Gasteiger partial charge in [-0.2, -0.15) is 0 Å². The molecule has 3 aliphatic heterocycles. The van der Waals surface area contributed by atoms with Crippen molar-refractivity contribution in [3.05, 3.63) is 137 Å². The van der Waals surface area contributed by atoms with E-state index in [0.717, 1.165) is 10.5 Å². The van der Waals surface area contributed by atoms with Gasteiger partial charge in [0, 0.05) is 22.9 Å². The van der Waals surface area contributed by atoms with Crippen molar-refractivity contribution >= 4 is 59.2 Å². The molecular weight excluding hydrogens is 695 g/mol. The highest BCUT2D eigenvalue weighted by Crippen LogP contribution is 2.64. The van der Waals surface area contributed by atoms with Crippen LogP contribution in [0.15, 0.2) is 121 Å². The van der Waals surface area contributed by atoms with Crippen LogP contribution < -0.4 is 20.0 Å². The largest absolute Gasteiger partial charge is 0.508 e. The summed E-state index contributed by atoms with van der Waals surface area (Å²) in [7, 11) is -1.80. The predicted molar refractivity (Wildman–Crippen MR) is 196 cm³/mol. The number of fused-ring (bicyclic) bond motifs is 5. The summed E-state index contributed by atoms with van der Waals surface area (Å²) in [5.74, 6) is -4.98. The molecular formula is C41H32BClN2O8. The second kappa shape index (κ2) is 12.3. The van der Waals surface area contributed by atoms with Gasteiger partial charge in [0.2, 0.25) is 23.6 Å². The fraction of sp³-hybridized carbons (Fsp3) is 0.220. The predicted octanol–water partition coefficient (Wildman–Crippen LogP) is 4.44. The number of phenolic OH excluding ortho intramolecular Hbond substituents is 1. The van der Waals surface area contributed by atoms with Crippen molar-refractivity contribution in [1.29, 1.82) is 0 Å². The van der Waals surface area contributed by atoms with Crippen LogP contribution in [0.2, 0.25) is 5.02 Å². The van der Waals surface area contributed by atoms with E-state index < -0.39 is 65.8 Å². The van der Waals surface area contributed by atoms with Crippen LogP contribution in [0.3, 0.4) is 0 Å². The van der Waals surface area contributed by atoms with Crippen LogP contribution in [-0.2, 0) is 31.0 Å². The maximum absolute atomic E-state index is 15.4. The van der Waals surface area contributed by atoms with Crippen LogP contribution in [0.5, 0.6) is 11.5 Å². The molecule has 3 heterocycles. The summed E-state index contributed by atoms with van der Waals surface area (Å²) < 4.78 is 6.18. The zero-order valence-corrected chi connectivity index (χ0v) is 28.9. The number of imide groups is 2. The lowest BCUT2D eigenvalue weighted by Gasteiger charge is -2.51. The lowest BCUT2D eigenvalue weighted by Crippen LogP contribution is -2.55. The molecule has 2 saturated heterocycles. The number of amides is 4. The van der Waals surface area contributed by atoms with Crippen LogP contribution in [0.25, 0.3) is 0 Å². The minimum atomic E-state index is -1.80. The van der Waals surface area contributed by atoms with Gasteiger partial charge in [-0.3, -0.25) is 24.1 Å². The number of ether oxygens (including phenoxy) is 1. The highest BCUT2D eigenvalue weighted by Gasteiger charge is 2.70. The number of carbonyl (C=O) groups is 4. The average molecular weight is 727 g/mol. The summed E-state index contributed by atoms with van der Waals surface area (Å²) in [6, 6.07) is 26.7. The van der Waals surface area contributed by atoms with Crippen molar-refractivity contribution in [2.24, 2.45) is 29.6 Å². The second-order valence-electron chi connectivity index (χ2n) is 14.4. The quantitative estimate of drug-likeness (QED) is 0.156. The molecule has 4 aromatic rings. The van der Waals surface area contributed by atoms with E-state index in [2.05, 4.69) is 0 Å². The molecule has 0 bridgehead atoms. The van der Waals surface area contributed by atoms with E-state index in [9.17, 15) is 29.5 Å². The third kappa shape index (κ3) is 4.87. The highest BCUT2D eigenvalue weighted by atomic mass is 35.5. The van der Waals surface area contributed by atoms with Gasteiger partial charge in [-0.25, -0.2) is 4.90 Å². The summed E-state index contributed by atoms with van der Waals surface area (Å²) in [5.41, 5.74) is 2.04. The van der Waals surface area contributed by atoms with E-state index in [1.165, 1.54) is 23.1 Å². The van der Waals surface area contributed by atoms with Crippen LogP contribution >= 0.6 is 11.6 Å². The number of benzene rings is 4. The highest BCUT2D eigenvalue weighted by molar-refractivity contribution is 6.58. The Morgan fingerprint density at radius 1 is 0.792 bits per heavy atom. The van der Waals surface area contributed by atoms with Crippen molar-refractivity contribution in [3.63, 3.8) is 0 Å². The zero-order valence-electron chi connectivity index (χ0n) is 28.1. The van der Waals surface area contributed by atoms with Crippen LogP contribution in [0.1, 0.15) is 24.0 Å². The van der Waals surface area contributed by atoms with Gasteiger partial charge in [0.1, 0.15) is 11.5 Å². The molecule has 6 unspecified atom stereocenters. The molecule has 1 saturated carbocycles. The molecule has 0 aromatic heterocycles. The minimum Gasteiger partial charge on any atom is -0.508 e. The van der Waals surface area contributed by atoms with Gasteiger partial charge < -0.3 is 19.9 Å². The Morgan fingerprint density at radius 2 is 1.55 bits per heavy atom. The molecule has 6 atom stereocenters. The van der Waals surface area contributed by atoms with Gasteiger partial charge in [-0.15, -0.1) is 0 Å². The number of aromatic hydroxyl groups is 1. The first-order valence-corrected chi connectivity index (χ1v) is 17.9. The molecule has 3 N–H and O–H groups in total. The summed E-state index contributed by atoms with van der Waals surface area (Å²) >= 11 is 6.41. The Bertz CT molecular complexity index is 2310. The molecule has 264 valence electrons. The zero-order chi connectivity index (χ0) is 36.8. The SMILES string of the molecule is O=C1C2CC=C3C(CC4C(=O)N(c5cccc(Cl)c5)C(=O)C4(c4ccccc4)C3C3=COc4ccc(O)cc4C3)C2C(=O)N1c1cccc(B(O)O)c1. The second-order valence-corrected chi connectivity index (χ2v) is 14.8. The Morgan fingerprint density at radius 3 is 2.30 bits per heavy atom. The number of carbonyl (C=O) groups excluding carboxylic acids is 4. The molecule has 5 aliphatic rings. The molecule has 0 spiro atoms. The standard InChI is InChI=1S/C41H32BClN2O8/c43-26-9-5-11-28(19-26)45-38(48)33-20-32-30(13-14-31-35(32)39(49)44(37(31)47)27-10-4-8-25(18-27)42(51)52)36(41(33,40(45)50)24-6-2-1-3-7-24)23-16-22-17-29(46)12-15-34(22)53-21-23/h1-13,15,17-19,21,31-33,35-36,46,51-52H,14,16,20H2. The molecule has 3 fully saturated rings. The Kier molecular flexibility index (Phi) is 7.74. The summed E-state index contributed by atoms with van der Waals surface area (Å²) in [6.45, 7) is 0. The lowest BCUT2D eigenvalue weighted by molar-refractivity contribution is -0.128. The summed E-state index contributed by atoms with van der Waals surface area (Å²) in [5, 5.41) is 30.5. The number of hydrogen-bond donors (Lipinski definition) is 3. The van der Waals surface area contributed by atoms with Gasteiger partial charge in [-0.1, -0.05) is 71.8 Å². The van der Waals surface area contributed by atoms with Crippen molar-refractivity contribution < 1.29 is 39.1 Å². The number of anilines is 2. The van der Waals surface area contributed by atoms with E-state index in [-0.39, 0.29) is 29.7 Å². The maximum Gasteiger partial charge on any atom is 0.488 e. The number of rotatable bonds is 5. The maximum atomic E-state index is 15.4. The molecule has 10 nitrogen and oxygen atoms in total. The Balaban J connectivity index is 1.24. The number of nitrogens with zero attached hydrogens (tertiary/aromatic N) is 2. The first-order valence-electron chi connectivity index (χ1n) is 17.5. The molecule has 53 heavy (non-hydrogen) atoms. The lowest BCUT2D eigenvalue weighted by atomic mass is 9.48. The molecule has 9 rings (SSSR count). The van der Waals surface area contributed by atoms with Crippen LogP contribution in [0.4, 0.5) is 11.4 Å². The van der Waals surface area contributed by atoms with Gasteiger partial charge in [0.25, 0.3) is 0 Å². The van der Waals surface area contributed by atoms with Crippen molar-refractivity contribution in [2.75, 3.05) is 9.80 Å². The number of phenols is 1. The van der Waals surface area contributed by atoms with E-state index in [1.807, 2.05) is 36.4 Å². The first kappa shape index (κ1) is 33.4. The van der Waals surface area contributed by atoms with Crippen LogP contribution in [0, 0.1) is 29.6 Å². The Labute approximate surface area is 309 Å². The van der Waals surface area contributed by atoms with E-state index in [0.29, 0.717) is 39.6 Å². The average Bonchev–Trinajstić information content (AvgIpc) is 3.55. The van der Waals surface area contributed by atoms with E-state index in [1.54, 1.807) is 54.8 Å². The number of halogens is 1. The molecule has 4 amide bonds. The summed E-state index contributed by atoms with van der Waals surface area (Å²) in [6.07, 6.45) is 4.23. The third-order valence-electron chi connectivity index (χ3n) is 11.7. The number of allylic oxidation sites excluding steroid dienone is 3. The third-order valence-corrected chi connectivity index (χ3v) is 12.0. The smallest absolute Gasteiger partial charge is 0.488 e. The first-order chi connectivity index (χ1) is 25.6. The minimum absolute atomic E-state index is 0.0534. The van der Waals surface area contributed by atoms with E-state index in [4.69, 9.17) is 16.3 Å². The van der Waals surface area contributed by atoms with Crippen molar-refractivity contribution in [1.82, 2.24) is 0 Å². The molecule has 4 aromatic carbocycles. The van der Waals surface area contributed by atoms with Gasteiger partial charge in [0.05, 0.1) is 40.8 Å². The number of hydrogen-bond acceptors (Lipinski definition) is 8. The Hall–Kier alpha value is -5.49. The summed E-state index contributed by atoms with van der Waals surface area (Å²) in [4.78, 5) is 61.4.